The zero-order chi connectivity index (χ0) is 10.3. The zero-order valence-corrected chi connectivity index (χ0v) is 7.31. The van der Waals surface area contributed by atoms with Gasteiger partial charge in [-0.2, -0.15) is 0 Å². The van der Waals surface area contributed by atoms with E-state index in [1.54, 1.807) is 12.2 Å². The van der Waals surface area contributed by atoms with E-state index >= 15 is 0 Å². The van der Waals surface area contributed by atoms with Crippen molar-refractivity contribution in [3.63, 3.8) is 0 Å². The van der Waals surface area contributed by atoms with E-state index in [0.717, 1.165) is 0 Å². The van der Waals surface area contributed by atoms with E-state index in [1.807, 2.05) is 0 Å². The van der Waals surface area contributed by atoms with Crippen molar-refractivity contribution >= 4 is 12.3 Å². The fourth-order valence-electron chi connectivity index (χ4n) is 2.48. The maximum atomic E-state index is 11.0. The van der Waals surface area contributed by atoms with Crippen LogP contribution in [0.3, 0.4) is 0 Å². The smallest absolute Gasteiger partial charge is 0.414 e. The van der Waals surface area contributed by atoms with Crippen molar-refractivity contribution in [1.82, 2.24) is 0 Å². The van der Waals surface area contributed by atoms with Crippen LogP contribution in [-0.2, 0) is 18.9 Å². The van der Waals surface area contributed by atoms with Gasteiger partial charge in [-0.15, -0.1) is 0 Å². The molecule has 6 nitrogen and oxygen atoms in total. The predicted molar refractivity (Wildman–Crippen MR) is 41.4 cm³/mol. The molecule has 0 aromatic carbocycles. The largest absolute Gasteiger partial charge is 0.515 e. The predicted octanol–water partition coefficient (Wildman–Crippen LogP) is 0.983. The third-order valence-electron chi connectivity index (χ3n) is 3.02. The Balaban J connectivity index is 1.98. The lowest BCUT2D eigenvalue weighted by Gasteiger charge is -2.15. The molecule has 2 aliphatic carbocycles. The van der Waals surface area contributed by atoms with Gasteiger partial charge < -0.3 is 18.9 Å². The van der Waals surface area contributed by atoms with E-state index < -0.39 is 23.5 Å². The number of carbonyl (C=O) groups is 2. The number of hydrogen-bond acceptors (Lipinski definition) is 6. The Morgan fingerprint density at radius 1 is 0.933 bits per heavy atom. The lowest BCUT2D eigenvalue weighted by atomic mass is 10.0. The number of rotatable bonds is 0. The highest BCUT2D eigenvalue weighted by Gasteiger charge is 2.70. The van der Waals surface area contributed by atoms with E-state index in [0.29, 0.717) is 6.42 Å². The van der Waals surface area contributed by atoms with Gasteiger partial charge >= 0.3 is 12.3 Å². The first-order valence-corrected chi connectivity index (χ1v) is 4.41. The Morgan fingerprint density at radius 2 is 1.40 bits per heavy atom. The molecular weight excluding hydrogens is 204 g/mol. The maximum absolute atomic E-state index is 11.0. The normalized spacial score (nSPS) is 43.5. The Labute approximate surface area is 83.0 Å². The van der Waals surface area contributed by atoms with Gasteiger partial charge in [0.1, 0.15) is 0 Å². The highest BCUT2D eigenvalue weighted by Crippen LogP contribution is 2.59. The number of ether oxygens (including phenoxy) is 4. The summed E-state index contributed by atoms with van der Waals surface area (Å²) in [7, 11) is 0. The lowest BCUT2D eigenvalue weighted by molar-refractivity contribution is 0.0518. The van der Waals surface area contributed by atoms with E-state index in [9.17, 15) is 9.59 Å². The third-order valence-corrected chi connectivity index (χ3v) is 3.02. The van der Waals surface area contributed by atoms with E-state index in [-0.39, 0.29) is 11.5 Å². The fourth-order valence-corrected chi connectivity index (χ4v) is 2.48. The molecule has 2 spiro atoms. The SMILES string of the molecule is O=C1OC2=C3OC(=O)OC34C=CC2(C4)O1. The fraction of sp³-hybridized carbons (Fsp3) is 0.333. The van der Waals surface area contributed by atoms with Gasteiger partial charge in [0.15, 0.2) is 11.2 Å². The van der Waals surface area contributed by atoms with Crippen LogP contribution < -0.4 is 0 Å². The van der Waals surface area contributed by atoms with Gasteiger partial charge in [-0.1, -0.05) is 0 Å². The van der Waals surface area contributed by atoms with Crippen LogP contribution in [0.1, 0.15) is 6.42 Å². The lowest BCUT2D eigenvalue weighted by Crippen LogP contribution is -2.27. The highest BCUT2D eigenvalue weighted by atomic mass is 16.8. The summed E-state index contributed by atoms with van der Waals surface area (Å²) in [4.78, 5) is 22.0. The molecular formula is C9H4O6. The van der Waals surface area contributed by atoms with Crippen molar-refractivity contribution in [2.75, 3.05) is 0 Å². The molecule has 0 amide bonds. The van der Waals surface area contributed by atoms with Gasteiger partial charge in [-0.3, -0.25) is 0 Å². The molecule has 0 aromatic rings. The molecule has 2 saturated heterocycles. The van der Waals surface area contributed by atoms with Crippen molar-refractivity contribution in [2.45, 2.75) is 17.6 Å². The van der Waals surface area contributed by atoms with Crippen molar-refractivity contribution in [1.29, 1.82) is 0 Å². The van der Waals surface area contributed by atoms with Crippen molar-refractivity contribution in [2.24, 2.45) is 0 Å². The Hall–Kier alpha value is -1.98. The van der Waals surface area contributed by atoms with Gasteiger partial charge in [0.2, 0.25) is 11.5 Å². The van der Waals surface area contributed by atoms with Gasteiger partial charge in [-0.05, 0) is 12.2 Å². The molecule has 2 unspecified atom stereocenters. The molecule has 4 rings (SSSR count). The molecule has 2 heterocycles. The Morgan fingerprint density at radius 3 is 1.87 bits per heavy atom. The minimum absolute atomic E-state index is 0.251. The third kappa shape index (κ3) is 0.595. The molecule has 2 atom stereocenters. The van der Waals surface area contributed by atoms with Crippen LogP contribution >= 0.6 is 0 Å². The zero-order valence-electron chi connectivity index (χ0n) is 7.31. The number of hydrogen-bond donors (Lipinski definition) is 0. The van der Waals surface area contributed by atoms with Gasteiger partial charge in [0, 0.05) is 0 Å². The molecule has 2 bridgehead atoms. The first-order valence-electron chi connectivity index (χ1n) is 4.41. The van der Waals surface area contributed by atoms with Crippen LogP contribution in [0, 0.1) is 0 Å². The van der Waals surface area contributed by atoms with Crippen LogP contribution in [0.25, 0.3) is 0 Å². The topological polar surface area (TPSA) is 71.1 Å². The van der Waals surface area contributed by atoms with Gasteiger partial charge in [0.25, 0.3) is 0 Å². The highest BCUT2D eigenvalue weighted by molar-refractivity contribution is 5.76. The van der Waals surface area contributed by atoms with Crippen molar-refractivity contribution < 1.29 is 28.5 Å². The average molecular weight is 208 g/mol. The molecule has 0 saturated carbocycles. The quantitative estimate of drug-likeness (QED) is 0.436. The summed E-state index contributed by atoms with van der Waals surface area (Å²) in [6.45, 7) is 0. The van der Waals surface area contributed by atoms with Crippen molar-refractivity contribution in [3.05, 3.63) is 23.7 Å². The van der Waals surface area contributed by atoms with E-state index in [4.69, 9.17) is 18.9 Å². The van der Waals surface area contributed by atoms with Gasteiger partial charge in [0.05, 0.1) is 6.42 Å². The van der Waals surface area contributed by atoms with E-state index in [2.05, 4.69) is 0 Å². The second-order valence-corrected chi connectivity index (χ2v) is 3.86. The molecule has 2 aliphatic heterocycles. The Bertz CT molecular complexity index is 447. The summed E-state index contributed by atoms with van der Waals surface area (Å²) in [5, 5.41) is 0. The number of carbonyl (C=O) groups excluding carboxylic acids is 2. The molecule has 0 N–H and O–H groups in total. The summed E-state index contributed by atoms with van der Waals surface area (Å²) in [6, 6.07) is 0. The average Bonchev–Trinajstić information content (AvgIpc) is 2.77. The molecule has 0 aromatic heterocycles. The minimum Gasteiger partial charge on any atom is -0.414 e. The summed E-state index contributed by atoms with van der Waals surface area (Å²) in [5.41, 5.74) is -1.82. The molecule has 2 fully saturated rings. The summed E-state index contributed by atoms with van der Waals surface area (Å²) < 4.78 is 19.9. The second kappa shape index (κ2) is 1.73. The van der Waals surface area contributed by atoms with Crippen LogP contribution in [-0.4, -0.2) is 23.5 Å². The van der Waals surface area contributed by atoms with Gasteiger partial charge in [-0.25, -0.2) is 9.59 Å². The Kier molecular flexibility index (Phi) is 0.847. The monoisotopic (exact) mass is 208 g/mol. The first kappa shape index (κ1) is 7.33. The van der Waals surface area contributed by atoms with Crippen molar-refractivity contribution in [3.8, 4) is 0 Å². The summed E-state index contributed by atoms with van der Waals surface area (Å²) in [6.07, 6.45) is 2.10. The van der Waals surface area contributed by atoms with Crippen LogP contribution in [0.15, 0.2) is 23.7 Å². The van der Waals surface area contributed by atoms with Crippen LogP contribution in [0.2, 0.25) is 0 Å². The standard InChI is InChI=1S/C9H4O6/c10-6-12-4-5-9(15-7(11)13-5)2-1-8(4,3-9)14-6/h1-2H,3H2. The molecule has 15 heavy (non-hydrogen) atoms. The molecule has 0 radical (unpaired) electrons. The molecule has 76 valence electrons. The minimum atomic E-state index is -0.910. The maximum Gasteiger partial charge on any atom is 0.515 e. The molecule has 6 heteroatoms. The first-order chi connectivity index (χ1) is 7.14. The summed E-state index contributed by atoms with van der Waals surface area (Å²) in [5.74, 6) is 0.502. The van der Waals surface area contributed by atoms with Crippen LogP contribution in [0.5, 0.6) is 0 Å². The molecule has 4 aliphatic rings. The van der Waals surface area contributed by atoms with Crippen LogP contribution in [0.4, 0.5) is 9.59 Å². The second-order valence-electron chi connectivity index (χ2n) is 3.86. The summed E-state index contributed by atoms with van der Waals surface area (Å²) >= 11 is 0. The van der Waals surface area contributed by atoms with E-state index in [1.165, 1.54) is 0 Å².